The van der Waals surface area contributed by atoms with Crippen molar-refractivity contribution in [3.8, 4) is 0 Å². The van der Waals surface area contributed by atoms with Crippen molar-refractivity contribution >= 4 is 23.2 Å². The Morgan fingerprint density at radius 2 is 2.00 bits per heavy atom. The Kier molecular flexibility index (Phi) is 3.91. The molecule has 2 rings (SSSR count). The molecule has 1 heterocycles. The van der Waals surface area contributed by atoms with Crippen molar-refractivity contribution in [2.24, 2.45) is 0 Å². The van der Waals surface area contributed by atoms with E-state index in [0.717, 1.165) is 0 Å². The topological polar surface area (TPSA) is 79.3 Å². The summed E-state index contributed by atoms with van der Waals surface area (Å²) >= 11 is 1.19. The Hall–Kier alpha value is -2.21. The van der Waals surface area contributed by atoms with E-state index in [1.54, 1.807) is 42.8 Å². The molecule has 6 heteroatoms. The zero-order valence-corrected chi connectivity index (χ0v) is 11.0. The van der Waals surface area contributed by atoms with Gasteiger partial charge >= 0.3 is 5.97 Å². The number of carboxylic acids is 1. The lowest BCUT2D eigenvalue weighted by Crippen LogP contribution is -2.33. The van der Waals surface area contributed by atoms with Gasteiger partial charge in [-0.2, -0.15) is 0 Å². The number of carbonyl (C=O) groups excluding carboxylic acids is 1. The molecule has 19 heavy (non-hydrogen) atoms. The highest BCUT2D eigenvalue weighted by atomic mass is 32.1. The minimum atomic E-state index is -1.10. The molecule has 1 atom stereocenters. The van der Waals surface area contributed by atoms with Gasteiger partial charge in [-0.15, -0.1) is 11.3 Å². The van der Waals surface area contributed by atoms with Gasteiger partial charge in [0.25, 0.3) is 5.91 Å². The molecular weight excluding hydrogens is 264 g/mol. The third-order valence-corrected chi connectivity index (χ3v) is 3.53. The zero-order valence-electron chi connectivity index (χ0n) is 10.2. The van der Waals surface area contributed by atoms with Crippen molar-refractivity contribution in [2.45, 2.75) is 13.0 Å². The van der Waals surface area contributed by atoms with E-state index in [1.165, 1.54) is 11.3 Å². The fourth-order valence-corrected chi connectivity index (χ4v) is 2.36. The molecule has 0 fully saturated rings. The number of aromatic nitrogens is 1. The van der Waals surface area contributed by atoms with E-state index >= 15 is 0 Å². The van der Waals surface area contributed by atoms with Crippen LogP contribution in [0.15, 0.2) is 35.8 Å². The Labute approximate surface area is 113 Å². The number of thiazole rings is 1. The zero-order chi connectivity index (χ0) is 13.8. The molecule has 2 N–H and O–H groups in total. The first-order valence-electron chi connectivity index (χ1n) is 5.58. The standard InChI is InChI=1S/C13H12N2O3S/c1-8-11(19-7-14-8)12(16)15-10(13(17)18)9-5-3-2-4-6-9/h2-7,10H,1H3,(H,15,16)(H,17,18)/t10-/m1/s1. The van der Waals surface area contributed by atoms with Crippen molar-refractivity contribution in [3.63, 3.8) is 0 Å². The van der Waals surface area contributed by atoms with E-state index in [9.17, 15) is 14.7 Å². The Balaban J connectivity index is 2.21. The Morgan fingerprint density at radius 3 is 2.53 bits per heavy atom. The molecule has 0 aliphatic carbocycles. The first-order chi connectivity index (χ1) is 9.09. The fourth-order valence-electron chi connectivity index (χ4n) is 1.65. The second kappa shape index (κ2) is 5.62. The number of carbonyl (C=O) groups is 2. The monoisotopic (exact) mass is 276 g/mol. The lowest BCUT2D eigenvalue weighted by atomic mass is 10.1. The number of nitrogens with zero attached hydrogens (tertiary/aromatic N) is 1. The summed E-state index contributed by atoms with van der Waals surface area (Å²) < 4.78 is 0. The normalized spacial score (nSPS) is 11.8. The molecule has 0 bridgehead atoms. The Bertz CT molecular complexity index is 595. The highest BCUT2D eigenvalue weighted by Gasteiger charge is 2.23. The van der Waals surface area contributed by atoms with Crippen molar-refractivity contribution in [3.05, 3.63) is 52.0 Å². The molecular formula is C13H12N2O3S. The average molecular weight is 276 g/mol. The fraction of sp³-hybridized carbons (Fsp3) is 0.154. The molecule has 1 aromatic carbocycles. The lowest BCUT2D eigenvalue weighted by molar-refractivity contribution is -0.139. The number of hydrogen-bond acceptors (Lipinski definition) is 4. The van der Waals surface area contributed by atoms with Crippen LogP contribution in [0.1, 0.15) is 27.0 Å². The molecule has 1 amide bonds. The molecule has 0 spiro atoms. The first-order valence-corrected chi connectivity index (χ1v) is 6.46. The molecule has 0 unspecified atom stereocenters. The number of aliphatic carboxylic acids is 1. The smallest absolute Gasteiger partial charge is 0.330 e. The summed E-state index contributed by atoms with van der Waals surface area (Å²) in [6, 6.07) is 7.52. The van der Waals surface area contributed by atoms with Crippen LogP contribution in [0.5, 0.6) is 0 Å². The van der Waals surface area contributed by atoms with Gasteiger partial charge in [-0.25, -0.2) is 9.78 Å². The molecule has 0 aliphatic heterocycles. The number of benzene rings is 1. The maximum Gasteiger partial charge on any atom is 0.330 e. The van der Waals surface area contributed by atoms with E-state index < -0.39 is 17.9 Å². The molecule has 0 saturated carbocycles. The molecule has 0 aliphatic rings. The van der Waals surface area contributed by atoms with Gasteiger partial charge in [-0.05, 0) is 12.5 Å². The highest BCUT2D eigenvalue weighted by Crippen LogP contribution is 2.17. The van der Waals surface area contributed by atoms with Gasteiger partial charge in [0.05, 0.1) is 11.2 Å². The molecule has 0 radical (unpaired) electrons. The first kappa shape index (κ1) is 13.2. The van der Waals surface area contributed by atoms with Crippen LogP contribution in [0.4, 0.5) is 0 Å². The summed E-state index contributed by atoms with van der Waals surface area (Å²) in [4.78, 5) is 27.7. The van der Waals surface area contributed by atoms with E-state index in [-0.39, 0.29) is 0 Å². The summed E-state index contributed by atoms with van der Waals surface area (Å²) in [6.07, 6.45) is 0. The van der Waals surface area contributed by atoms with Crippen LogP contribution < -0.4 is 5.32 Å². The van der Waals surface area contributed by atoms with Crippen LogP contribution in [0.25, 0.3) is 0 Å². The largest absolute Gasteiger partial charge is 0.479 e. The number of nitrogens with one attached hydrogen (secondary N) is 1. The molecule has 98 valence electrons. The van der Waals surface area contributed by atoms with Crippen LogP contribution in [-0.2, 0) is 4.79 Å². The molecule has 1 aromatic heterocycles. The van der Waals surface area contributed by atoms with Gasteiger partial charge in [0, 0.05) is 0 Å². The predicted molar refractivity (Wildman–Crippen MR) is 71.1 cm³/mol. The van der Waals surface area contributed by atoms with E-state index in [0.29, 0.717) is 16.1 Å². The van der Waals surface area contributed by atoms with E-state index in [2.05, 4.69) is 10.3 Å². The van der Waals surface area contributed by atoms with Crippen LogP contribution in [0, 0.1) is 6.92 Å². The summed E-state index contributed by atoms with van der Waals surface area (Å²) in [5, 5.41) is 11.7. The quantitative estimate of drug-likeness (QED) is 0.895. The third kappa shape index (κ3) is 2.97. The van der Waals surface area contributed by atoms with Gasteiger partial charge < -0.3 is 10.4 Å². The van der Waals surface area contributed by atoms with Crippen molar-refractivity contribution in [2.75, 3.05) is 0 Å². The molecule has 5 nitrogen and oxygen atoms in total. The predicted octanol–water partition coefficient (Wildman–Crippen LogP) is 2.01. The number of hydrogen-bond donors (Lipinski definition) is 2. The van der Waals surface area contributed by atoms with E-state index in [1.807, 2.05) is 0 Å². The second-order valence-corrected chi connectivity index (χ2v) is 4.78. The molecule has 2 aromatic rings. The van der Waals surface area contributed by atoms with Crippen LogP contribution in [0.2, 0.25) is 0 Å². The van der Waals surface area contributed by atoms with Crippen LogP contribution in [0.3, 0.4) is 0 Å². The van der Waals surface area contributed by atoms with Gasteiger partial charge in [-0.1, -0.05) is 30.3 Å². The van der Waals surface area contributed by atoms with Gasteiger partial charge in [0.2, 0.25) is 0 Å². The number of carboxylic acid groups (broad SMARTS) is 1. The van der Waals surface area contributed by atoms with Gasteiger partial charge in [0.15, 0.2) is 6.04 Å². The van der Waals surface area contributed by atoms with Gasteiger partial charge in [-0.3, -0.25) is 4.79 Å². The third-order valence-electron chi connectivity index (χ3n) is 2.61. The minimum absolute atomic E-state index is 0.420. The summed E-state index contributed by atoms with van der Waals surface area (Å²) in [7, 11) is 0. The molecule has 0 saturated heterocycles. The maximum absolute atomic E-state index is 12.0. The van der Waals surface area contributed by atoms with Crippen molar-refractivity contribution in [1.82, 2.24) is 10.3 Å². The summed E-state index contributed by atoms with van der Waals surface area (Å²) in [6.45, 7) is 1.71. The van der Waals surface area contributed by atoms with Crippen LogP contribution >= 0.6 is 11.3 Å². The SMILES string of the molecule is Cc1ncsc1C(=O)N[C@@H](C(=O)O)c1ccccc1. The number of rotatable bonds is 4. The lowest BCUT2D eigenvalue weighted by Gasteiger charge is -2.14. The van der Waals surface area contributed by atoms with E-state index in [4.69, 9.17) is 0 Å². The number of aryl methyl sites for hydroxylation is 1. The summed E-state index contributed by atoms with van der Waals surface area (Å²) in [5.74, 6) is -1.52. The van der Waals surface area contributed by atoms with Crippen molar-refractivity contribution in [1.29, 1.82) is 0 Å². The average Bonchev–Trinajstić information content (AvgIpc) is 2.82. The van der Waals surface area contributed by atoms with Crippen molar-refractivity contribution < 1.29 is 14.7 Å². The van der Waals surface area contributed by atoms with Gasteiger partial charge in [0.1, 0.15) is 4.88 Å². The highest BCUT2D eigenvalue weighted by molar-refractivity contribution is 7.11. The Morgan fingerprint density at radius 1 is 1.32 bits per heavy atom. The number of amides is 1. The van der Waals surface area contributed by atoms with Crippen LogP contribution in [-0.4, -0.2) is 22.0 Å². The maximum atomic E-state index is 12.0. The minimum Gasteiger partial charge on any atom is -0.479 e. The summed E-state index contributed by atoms with van der Waals surface area (Å²) in [5.41, 5.74) is 2.69. The second-order valence-electron chi connectivity index (χ2n) is 3.92.